The quantitative estimate of drug-likeness (QED) is 0.373. The van der Waals surface area contributed by atoms with Crippen LogP contribution in [0.1, 0.15) is 13.8 Å². The Kier molecular flexibility index (Phi) is 7.28. The predicted octanol–water partition coefficient (Wildman–Crippen LogP) is 6.32. The molecule has 0 saturated heterocycles. The first-order valence-corrected chi connectivity index (χ1v) is 11.1. The van der Waals surface area contributed by atoms with Crippen molar-refractivity contribution in [2.24, 2.45) is 9.98 Å². The van der Waals surface area contributed by atoms with Gasteiger partial charge in [0.25, 0.3) is 0 Å². The van der Waals surface area contributed by atoms with Crippen molar-refractivity contribution in [1.29, 1.82) is 0 Å². The van der Waals surface area contributed by atoms with Crippen LogP contribution in [0.2, 0.25) is 0 Å². The minimum atomic E-state index is -0.102. The number of allylic oxidation sites excluding steroid dienone is 4. The van der Waals surface area contributed by atoms with E-state index >= 15 is 0 Å². The van der Waals surface area contributed by atoms with E-state index in [1.54, 1.807) is 0 Å². The molecule has 0 heterocycles. The summed E-state index contributed by atoms with van der Waals surface area (Å²) in [6.45, 7) is 2.96. The molecule has 0 atom stereocenters. The number of hydrogen-bond donors (Lipinski definition) is 3. The van der Waals surface area contributed by atoms with Crippen molar-refractivity contribution in [3.05, 3.63) is 97.1 Å². The predicted molar refractivity (Wildman–Crippen MR) is 144 cm³/mol. The second-order valence-corrected chi connectivity index (χ2v) is 7.90. The number of nitrogens with zero attached hydrogens (tertiary/aromatic N) is 2. The maximum absolute atomic E-state index is 11.1. The third-order valence-corrected chi connectivity index (χ3v) is 4.92. The number of aliphatic imine (C=N–C) groups is 2. The van der Waals surface area contributed by atoms with Gasteiger partial charge >= 0.3 is 0 Å². The molecule has 3 N–H and O–H groups in total. The molecule has 0 spiro atoms. The Hall–Kier alpha value is -4.78. The summed E-state index contributed by atoms with van der Waals surface area (Å²) in [7, 11) is 0. The van der Waals surface area contributed by atoms with Gasteiger partial charge in [0.2, 0.25) is 11.8 Å². The average Bonchev–Trinajstić information content (AvgIpc) is 2.83. The zero-order chi connectivity index (χ0) is 24.6. The molecule has 174 valence electrons. The normalized spacial score (nSPS) is 12.2. The van der Waals surface area contributed by atoms with Crippen molar-refractivity contribution in [3.8, 4) is 0 Å². The third-order valence-electron chi connectivity index (χ3n) is 4.92. The summed E-state index contributed by atoms with van der Waals surface area (Å²) in [6, 6.07) is 22.7. The highest BCUT2D eigenvalue weighted by Crippen LogP contribution is 2.23. The van der Waals surface area contributed by atoms with Gasteiger partial charge in [-0.25, -0.2) is 9.98 Å². The summed E-state index contributed by atoms with van der Waals surface area (Å²) < 4.78 is 0. The monoisotopic (exact) mass is 463 g/mol. The highest BCUT2D eigenvalue weighted by Gasteiger charge is 2.02. The van der Waals surface area contributed by atoms with Crippen LogP contribution in [0.5, 0.6) is 0 Å². The number of anilines is 4. The van der Waals surface area contributed by atoms with Crippen LogP contribution in [-0.4, -0.2) is 23.2 Å². The molecule has 0 radical (unpaired) electrons. The van der Waals surface area contributed by atoms with Gasteiger partial charge in [0.15, 0.2) is 0 Å². The number of amides is 2. The first kappa shape index (κ1) is 23.4. The first-order chi connectivity index (χ1) is 16.9. The van der Waals surface area contributed by atoms with Gasteiger partial charge in [0, 0.05) is 36.6 Å². The van der Waals surface area contributed by atoms with E-state index in [0.29, 0.717) is 0 Å². The smallest absolute Gasteiger partial charge is 0.221 e. The van der Waals surface area contributed by atoms with Crippen molar-refractivity contribution in [2.75, 3.05) is 16.0 Å². The topological polar surface area (TPSA) is 94.9 Å². The van der Waals surface area contributed by atoms with Gasteiger partial charge in [-0.15, -0.1) is 0 Å². The van der Waals surface area contributed by atoms with E-state index in [4.69, 9.17) is 0 Å². The second-order valence-electron chi connectivity index (χ2n) is 7.90. The van der Waals surface area contributed by atoms with Gasteiger partial charge in [0.05, 0.1) is 22.8 Å². The molecular formula is C28H25N5O2. The van der Waals surface area contributed by atoms with E-state index in [0.717, 1.165) is 45.5 Å². The number of hydrogen-bond acceptors (Lipinski definition) is 5. The third kappa shape index (κ3) is 7.10. The summed E-state index contributed by atoms with van der Waals surface area (Å²) in [5.74, 6) is -0.196. The lowest BCUT2D eigenvalue weighted by atomic mass is 10.1. The van der Waals surface area contributed by atoms with Crippen LogP contribution in [0, 0.1) is 0 Å². The molecule has 35 heavy (non-hydrogen) atoms. The van der Waals surface area contributed by atoms with Crippen molar-refractivity contribution >= 4 is 57.4 Å². The Morgan fingerprint density at radius 3 is 1.20 bits per heavy atom. The van der Waals surface area contributed by atoms with Gasteiger partial charge < -0.3 is 16.0 Å². The van der Waals surface area contributed by atoms with E-state index in [-0.39, 0.29) is 11.8 Å². The molecule has 0 fully saturated rings. The lowest BCUT2D eigenvalue weighted by Gasteiger charge is -2.08. The standard InChI is InChI=1S/C28H25N5O2/c1-19(34)29-21-3-7-23(8-4-21)31-25-11-15-27(16-12-25)33-28-17-13-26(14-18-28)32-24-9-5-22(6-10-24)30-20(2)35/h3-18,31H,1-2H3,(H,29,34)(H,30,35). The molecular weight excluding hydrogens is 438 g/mol. The summed E-state index contributed by atoms with van der Waals surface area (Å²) >= 11 is 0. The van der Waals surface area contributed by atoms with E-state index in [2.05, 4.69) is 25.9 Å². The van der Waals surface area contributed by atoms with Crippen LogP contribution in [0.25, 0.3) is 0 Å². The molecule has 7 heteroatoms. The van der Waals surface area contributed by atoms with Crippen LogP contribution in [-0.2, 0) is 9.59 Å². The Bertz CT molecular complexity index is 1320. The maximum Gasteiger partial charge on any atom is 0.221 e. The number of carbonyl (C=O) groups excluding carboxylic acids is 2. The first-order valence-electron chi connectivity index (χ1n) is 11.1. The SMILES string of the molecule is CC(=O)Nc1ccc(N=C2C=CC(=Nc3ccc(Nc4ccc(NC(C)=O)cc4)cc3)C=C2)cc1. The molecule has 7 nitrogen and oxygen atoms in total. The minimum absolute atomic E-state index is 0.0939. The van der Waals surface area contributed by atoms with Crippen molar-refractivity contribution < 1.29 is 9.59 Å². The fourth-order valence-electron chi connectivity index (χ4n) is 3.35. The van der Waals surface area contributed by atoms with Gasteiger partial charge in [-0.05, 0) is 97.1 Å². The van der Waals surface area contributed by atoms with Crippen LogP contribution < -0.4 is 16.0 Å². The molecule has 1 aliphatic carbocycles. The molecule has 0 saturated carbocycles. The van der Waals surface area contributed by atoms with E-state index < -0.39 is 0 Å². The molecule has 3 aromatic rings. The highest BCUT2D eigenvalue weighted by atomic mass is 16.2. The van der Waals surface area contributed by atoms with Crippen molar-refractivity contribution in [3.63, 3.8) is 0 Å². The second kappa shape index (κ2) is 10.9. The largest absolute Gasteiger partial charge is 0.356 e. The Balaban J connectivity index is 1.35. The van der Waals surface area contributed by atoms with Crippen LogP contribution >= 0.6 is 0 Å². The molecule has 3 aromatic carbocycles. The van der Waals surface area contributed by atoms with Gasteiger partial charge in [-0.3, -0.25) is 9.59 Å². The van der Waals surface area contributed by atoms with E-state index in [1.165, 1.54) is 13.8 Å². The van der Waals surface area contributed by atoms with Gasteiger partial charge in [0.1, 0.15) is 0 Å². The fraction of sp³-hybridized carbons (Fsp3) is 0.0714. The Morgan fingerprint density at radius 2 is 0.829 bits per heavy atom. The minimum Gasteiger partial charge on any atom is -0.356 e. The van der Waals surface area contributed by atoms with E-state index in [1.807, 2.05) is 97.1 Å². The zero-order valence-corrected chi connectivity index (χ0v) is 19.4. The molecule has 4 rings (SSSR count). The Morgan fingerprint density at radius 1 is 0.514 bits per heavy atom. The zero-order valence-electron chi connectivity index (χ0n) is 19.4. The summed E-state index contributed by atoms with van der Waals surface area (Å²) in [4.78, 5) is 31.5. The molecule has 0 unspecified atom stereocenters. The summed E-state index contributed by atoms with van der Waals surface area (Å²) in [6.07, 6.45) is 7.68. The van der Waals surface area contributed by atoms with Crippen molar-refractivity contribution in [2.45, 2.75) is 13.8 Å². The summed E-state index contributed by atoms with van der Waals surface area (Å²) in [5.41, 5.74) is 6.66. The number of benzene rings is 3. The number of rotatable bonds is 6. The molecule has 0 aromatic heterocycles. The van der Waals surface area contributed by atoms with Gasteiger partial charge in [-0.1, -0.05) is 0 Å². The van der Waals surface area contributed by atoms with Crippen LogP contribution in [0.3, 0.4) is 0 Å². The lowest BCUT2D eigenvalue weighted by molar-refractivity contribution is -0.115. The van der Waals surface area contributed by atoms with Crippen LogP contribution in [0.15, 0.2) is 107 Å². The highest BCUT2D eigenvalue weighted by molar-refractivity contribution is 6.19. The summed E-state index contributed by atoms with van der Waals surface area (Å²) in [5, 5.41) is 8.82. The van der Waals surface area contributed by atoms with Gasteiger partial charge in [-0.2, -0.15) is 0 Å². The van der Waals surface area contributed by atoms with Crippen LogP contribution in [0.4, 0.5) is 34.1 Å². The average molecular weight is 464 g/mol. The van der Waals surface area contributed by atoms with E-state index in [9.17, 15) is 9.59 Å². The number of carbonyl (C=O) groups is 2. The fourth-order valence-corrected chi connectivity index (χ4v) is 3.35. The molecule has 0 aliphatic heterocycles. The molecule has 0 bridgehead atoms. The maximum atomic E-state index is 11.1. The lowest BCUT2D eigenvalue weighted by Crippen LogP contribution is -2.05. The molecule has 2 amide bonds. The van der Waals surface area contributed by atoms with Crippen molar-refractivity contribution in [1.82, 2.24) is 0 Å². The molecule has 1 aliphatic rings. The Labute approximate surface area is 204 Å². The number of nitrogens with one attached hydrogen (secondary N) is 3.